The Balaban J connectivity index is 0.904. The molecule has 276 valence electrons. The molecule has 4 atom stereocenters. The summed E-state index contributed by atoms with van der Waals surface area (Å²) in [5, 5.41) is 16.9. The number of aromatic nitrogens is 2. The van der Waals surface area contributed by atoms with Gasteiger partial charge in [-0.25, -0.2) is 9.97 Å². The topological polar surface area (TPSA) is 148 Å². The number of nitrogens with one attached hydrogen (secondary N) is 2. The van der Waals surface area contributed by atoms with E-state index < -0.39 is 18.1 Å². The molecule has 7 rings (SSSR count). The molecule has 0 radical (unpaired) electrons. The number of nitrogens with zero attached hydrogens (tertiary/aromatic N) is 5. The number of piperidine rings is 1. The molecule has 1 aliphatic carbocycles. The van der Waals surface area contributed by atoms with E-state index in [1.54, 1.807) is 11.0 Å². The number of rotatable bonds is 10. The molecule has 2 fully saturated rings. The monoisotopic (exact) mass is 737 g/mol. The lowest BCUT2D eigenvalue weighted by Crippen LogP contribution is -2.52. The van der Waals surface area contributed by atoms with Crippen LogP contribution in [0.25, 0.3) is 0 Å². The molecule has 4 heterocycles. The summed E-state index contributed by atoms with van der Waals surface area (Å²) in [6, 6.07) is 12.3. The van der Waals surface area contributed by atoms with Crippen LogP contribution in [0.15, 0.2) is 48.8 Å². The van der Waals surface area contributed by atoms with Crippen LogP contribution in [0.2, 0.25) is 5.02 Å². The van der Waals surface area contributed by atoms with Crippen molar-refractivity contribution in [3.8, 4) is 11.8 Å². The first-order chi connectivity index (χ1) is 25.7. The van der Waals surface area contributed by atoms with Gasteiger partial charge >= 0.3 is 0 Å². The van der Waals surface area contributed by atoms with Gasteiger partial charge in [-0.05, 0) is 73.5 Å². The highest BCUT2D eigenvalue weighted by molar-refractivity contribution is 6.30. The summed E-state index contributed by atoms with van der Waals surface area (Å²) < 4.78 is 0. The average molecular weight is 738 g/mol. The SMILES string of the molecule is C[C@@H]1C[C@@H](O)c2ncnc(N3CCN(C(=O)C(CNCCCCC#Cc4cccc5c4CN(C4CCC(=O)NC4=O)C5=O)c4ccc(Cl)cc4)CC3)c21. The van der Waals surface area contributed by atoms with E-state index in [9.17, 15) is 24.3 Å². The third-order valence-corrected chi connectivity index (χ3v) is 11.1. The normalized spacial score (nSPS) is 21.5. The highest BCUT2D eigenvalue weighted by Gasteiger charge is 2.40. The minimum absolute atomic E-state index is 0.0760. The molecular formula is C40H44ClN7O5. The summed E-state index contributed by atoms with van der Waals surface area (Å²) in [6.45, 7) is 6.07. The third-order valence-electron chi connectivity index (χ3n) is 10.8. The smallest absolute Gasteiger partial charge is 0.255 e. The van der Waals surface area contributed by atoms with E-state index in [2.05, 4.69) is 44.3 Å². The second-order valence-corrected chi connectivity index (χ2v) is 14.7. The molecule has 12 nitrogen and oxygen atoms in total. The average Bonchev–Trinajstić information content (AvgIpc) is 3.66. The molecule has 4 aliphatic rings. The third kappa shape index (κ3) is 7.79. The number of imide groups is 1. The van der Waals surface area contributed by atoms with E-state index in [0.717, 1.165) is 53.2 Å². The van der Waals surface area contributed by atoms with Crippen LogP contribution in [0.5, 0.6) is 0 Å². The van der Waals surface area contributed by atoms with Crippen LogP contribution < -0.4 is 15.5 Å². The zero-order chi connectivity index (χ0) is 37.1. The molecule has 1 aromatic heterocycles. The van der Waals surface area contributed by atoms with Gasteiger partial charge in [-0.1, -0.05) is 48.6 Å². The van der Waals surface area contributed by atoms with E-state index in [0.29, 0.717) is 69.1 Å². The number of aliphatic hydroxyl groups excluding tert-OH is 1. The maximum absolute atomic E-state index is 14.0. The molecule has 2 saturated heterocycles. The van der Waals surface area contributed by atoms with E-state index >= 15 is 0 Å². The molecule has 0 spiro atoms. The lowest BCUT2D eigenvalue weighted by molar-refractivity contribution is -0.137. The van der Waals surface area contributed by atoms with Gasteiger partial charge in [0, 0.05) is 73.8 Å². The molecule has 3 aliphatic heterocycles. The van der Waals surface area contributed by atoms with Crippen molar-refractivity contribution < 1.29 is 24.3 Å². The number of halogens is 1. The summed E-state index contributed by atoms with van der Waals surface area (Å²) in [5.74, 6) is 6.31. The van der Waals surface area contributed by atoms with E-state index in [-0.39, 0.29) is 36.0 Å². The number of hydrogen-bond acceptors (Lipinski definition) is 9. The number of benzene rings is 2. The van der Waals surface area contributed by atoms with Crippen molar-refractivity contribution in [2.45, 2.75) is 76.0 Å². The molecule has 3 aromatic rings. The Morgan fingerprint density at radius 2 is 1.87 bits per heavy atom. The molecule has 53 heavy (non-hydrogen) atoms. The zero-order valence-electron chi connectivity index (χ0n) is 29.8. The number of fused-ring (bicyclic) bond motifs is 2. The summed E-state index contributed by atoms with van der Waals surface area (Å²) >= 11 is 6.19. The molecule has 0 saturated carbocycles. The Kier molecular flexibility index (Phi) is 11.1. The summed E-state index contributed by atoms with van der Waals surface area (Å²) in [4.78, 5) is 65.8. The Hall–Kier alpha value is -4.83. The van der Waals surface area contributed by atoms with Gasteiger partial charge in [0.1, 0.15) is 18.2 Å². The van der Waals surface area contributed by atoms with E-state index in [4.69, 9.17) is 11.6 Å². The fourth-order valence-corrected chi connectivity index (χ4v) is 8.05. The van der Waals surface area contributed by atoms with Crippen molar-refractivity contribution >= 4 is 41.0 Å². The van der Waals surface area contributed by atoms with Crippen LogP contribution in [0, 0.1) is 11.8 Å². The van der Waals surface area contributed by atoms with Crippen molar-refractivity contribution in [2.75, 3.05) is 44.2 Å². The van der Waals surface area contributed by atoms with Gasteiger partial charge in [0.25, 0.3) is 5.91 Å². The Bertz CT molecular complexity index is 1950. The number of piperazine rings is 1. The van der Waals surface area contributed by atoms with Gasteiger partial charge in [-0.15, -0.1) is 0 Å². The van der Waals surface area contributed by atoms with Crippen LogP contribution >= 0.6 is 11.6 Å². The van der Waals surface area contributed by atoms with Crippen LogP contribution in [0.4, 0.5) is 5.82 Å². The summed E-state index contributed by atoms with van der Waals surface area (Å²) in [6.07, 6.45) is 4.56. The second kappa shape index (κ2) is 16.0. The minimum atomic E-state index is -0.656. The molecule has 3 N–H and O–H groups in total. The maximum Gasteiger partial charge on any atom is 0.255 e. The van der Waals surface area contributed by atoms with Crippen LogP contribution in [0.3, 0.4) is 0 Å². The van der Waals surface area contributed by atoms with Gasteiger partial charge in [0.05, 0.1) is 17.7 Å². The first-order valence-electron chi connectivity index (χ1n) is 18.5. The predicted octanol–water partition coefficient (Wildman–Crippen LogP) is 3.68. The van der Waals surface area contributed by atoms with Crippen molar-refractivity contribution in [1.29, 1.82) is 0 Å². The number of hydrogen-bond donors (Lipinski definition) is 3. The van der Waals surface area contributed by atoms with E-state index in [1.165, 1.54) is 6.33 Å². The predicted molar refractivity (Wildman–Crippen MR) is 199 cm³/mol. The van der Waals surface area contributed by atoms with Crippen molar-refractivity contribution in [1.82, 2.24) is 30.4 Å². The molecule has 13 heteroatoms. The Labute approximate surface area is 314 Å². The minimum Gasteiger partial charge on any atom is -0.387 e. The van der Waals surface area contributed by atoms with Crippen molar-refractivity contribution in [2.24, 2.45) is 0 Å². The second-order valence-electron chi connectivity index (χ2n) is 14.3. The number of anilines is 1. The van der Waals surface area contributed by atoms with Gasteiger partial charge in [0.15, 0.2) is 0 Å². The van der Waals surface area contributed by atoms with Crippen molar-refractivity contribution in [3.05, 3.63) is 87.3 Å². The standard InChI is InChI=1S/C40H44ClN7O5/c1-25-21-33(49)36-35(25)37(44-24-43-36)46-17-19-47(20-18-46)39(52)30(27-10-12-28(41)13-11-27)22-42-16-5-3-2-4-7-26-8-6-9-29-31(26)23-48(40(29)53)32-14-15-34(50)45-38(32)51/h6,8-13,24-25,30,32-33,42,49H,2-3,5,14-23H2,1H3,(H,45,50,51)/t25-,30?,32?,33-/m1/s1. The number of amides is 4. The fourth-order valence-electron chi connectivity index (χ4n) is 7.93. The fraction of sp³-hybridized carbons (Fsp3) is 0.450. The molecule has 2 unspecified atom stereocenters. The number of unbranched alkanes of at least 4 members (excludes halogenated alkanes) is 2. The van der Waals surface area contributed by atoms with Crippen LogP contribution in [0.1, 0.15) is 102 Å². The van der Waals surface area contributed by atoms with Crippen molar-refractivity contribution in [3.63, 3.8) is 0 Å². The largest absolute Gasteiger partial charge is 0.387 e. The molecular weight excluding hydrogens is 694 g/mol. The summed E-state index contributed by atoms with van der Waals surface area (Å²) in [5.41, 5.74) is 4.82. The van der Waals surface area contributed by atoms with E-state index in [1.807, 2.05) is 41.3 Å². The van der Waals surface area contributed by atoms with Gasteiger partial charge < -0.3 is 25.1 Å². The molecule has 4 amide bonds. The molecule has 2 aromatic carbocycles. The van der Waals surface area contributed by atoms with Gasteiger partial charge in [-0.3, -0.25) is 24.5 Å². The number of aliphatic hydroxyl groups is 1. The zero-order valence-corrected chi connectivity index (χ0v) is 30.6. The molecule has 0 bridgehead atoms. The van der Waals surface area contributed by atoms with Gasteiger partial charge in [-0.2, -0.15) is 0 Å². The van der Waals surface area contributed by atoms with Crippen LogP contribution in [-0.2, 0) is 20.9 Å². The van der Waals surface area contributed by atoms with Gasteiger partial charge in [0.2, 0.25) is 17.7 Å². The Morgan fingerprint density at radius 1 is 1.08 bits per heavy atom. The van der Waals surface area contributed by atoms with Crippen LogP contribution in [-0.4, -0.2) is 93.8 Å². The lowest BCUT2D eigenvalue weighted by Gasteiger charge is -2.38. The lowest BCUT2D eigenvalue weighted by atomic mass is 9.96. The number of carbonyl (C=O) groups excluding carboxylic acids is 4. The maximum atomic E-state index is 14.0. The highest BCUT2D eigenvalue weighted by Crippen LogP contribution is 2.43. The highest BCUT2D eigenvalue weighted by atomic mass is 35.5. The first kappa shape index (κ1) is 36.5. The quantitative estimate of drug-likeness (QED) is 0.161. The Morgan fingerprint density at radius 3 is 2.64 bits per heavy atom. The number of carbonyl (C=O) groups is 4. The summed E-state index contributed by atoms with van der Waals surface area (Å²) in [7, 11) is 0. The first-order valence-corrected chi connectivity index (χ1v) is 18.9.